The predicted octanol–water partition coefficient (Wildman–Crippen LogP) is 4.27. The summed E-state index contributed by atoms with van der Waals surface area (Å²) in [6.07, 6.45) is 0.627. The van der Waals surface area contributed by atoms with E-state index in [0.717, 1.165) is 24.1 Å². The minimum absolute atomic E-state index is 0.222. The van der Waals surface area contributed by atoms with Gasteiger partial charge in [0.05, 0.1) is 7.11 Å². The first kappa shape index (κ1) is 24.1. The number of aliphatic hydroxyl groups is 1. The van der Waals surface area contributed by atoms with Gasteiger partial charge in [0.1, 0.15) is 12.3 Å². The highest BCUT2D eigenvalue weighted by molar-refractivity contribution is 5.76. The van der Waals surface area contributed by atoms with Crippen LogP contribution in [0.1, 0.15) is 35.4 Å². The molecule has 1 saturated heterocycles. The molecule has 1 aliphatic heterocycles. The molecule has 0 amide bonds. The van der Waals surface area contributed by atoms with Crippen molar-refractivity contribution in [1.82, 2.24) is 9.80 Å². The Bertz CT molecular complexity index is 990. The number of ether oxygens (including phenoxy) is 1. The largest absolute Gasteiger partial charge is 0.468 e. The van der Waals surface area contributed by atoms with Crippen molar-refractivity contribution in [3.8, 4) is 0 Å². The van der Waals surface area contributed by atoms with Crippen molar-refractivity contribution in [2.45, 2.75) is 43.6 Å². The van der Waals surface area contributed by atoms with Crippen molar-refractivity contribution in [2.24, 2.45) is 0 Å². The quantitative estimate of drug-likeness (QED) is 0.511. The van der Waals surface area contributed by atoms with Crippen LogP contribution in [0.25, 0.3) is 0 Å². The lowest BCUT2D eigenvalue weighted by Gasteiger charge is -2.45. The highest BCUT2D eigenvalue weighted by Crippen LogP contribution is 2.34. The third kappa shape index (κ3) is 5.55. The summed E-state index contributed by atoms with van der Waals surface area (Å²) in [4.78, 5) is 17.2. The van der Waals surface area contributed by atoms with Gasteiger partial charge in [-0.2, -0.15) is 0 Å². The Morgan fingerprint density at radius 3 is 2.03 bits per heavy atom. The number of piperidine rings is 1. The molecule has 5 nitrogen and oxygen atoms in total. The molecule has 34 heavy (non-hydrogen) atoms. The van der Waals surface area contributed by atoms with E-state index in [1.165, 1.54) is 12.7 Å². The number of likely N-dealkylation sites (tertiary alicyclic amines) is 1. The summed E-state index contributed by atoms with van der Waals surface area (Å²) in [5.74, 6) is -0.565. The second-order valence-electron chi connectivity index (χ2n) is 9.07. The predicted molar refractivity (Wildman–Crippen MR) is 134 cm³/mol. The van der Waals surface area contributed by atoms with E-state index in [1.54, 1.807) is 0 Å². The van der Waals surface area contributed by atoms with Crippen LogP contribution in [0.5, 0.6) is 0 Å². The van der Waals surface area contributed by atoms with Gasteiger partial charge in [-0.3, -0.25) is 14.6 Å². The smallest absolute Gasteiger partial charge is 0.323 e. The topological polar surface area (TPSA) is 53.0 Å². The molecule has 1 unspecified atom stereocenters. The van der Waals surface area contributed by atoms with E-state index in [0.29, 0.717) is 13.0 Å². The fraction of sp³-hybridized carbons (Fsp3) is 0.345. The zero-order valence-electron chi connectivity index (χ0n) is 20.0. The third-order valence-electron chi connectivity index (χ3n) is 6.94. The van der Waals surface area contributed by atoms with Crippen LogP contribution in [-0.2, 0) is 16.1 Å². The highest BCUT2D eigenvalue weighted by atomic mass is 16.5. The Labute approximate surface area is 202 Å². The lowest BCUT2D eigenvalue weighted by Crippen LogP contribution is -2.57. The molecule has 4 rings (SSSR count). The first-order valence-electron chi connectivity index (χ1n) is 11.9. The Morgan fingerprint density at radius 2 is 1.50 bits per heavy atom. The van der Waals surface area contributed by atoms with Gasteiger partial charge in [0.25, 0.3) is 0 Å². The first-order chi connectivity index (χ1) is 16.6. The monoisotopic (exact) mass is 458 g/mol. The molecule has 1 fully saturated rings. The van der Waals surface area contributed by atoms with E-state index in [2.05, 4.69) is 24.1 Å². The van der Waals surface area contributed by atoms with Crippen LogP contribution in [0.2, 0.25) is 0 Å². The van der Waals surface area contributed by atoms with E-state index >= 15 is 0 Å². The summed E-state index contributed by atoms with van der Waals surface area (Å²) in [5.41, 5.74) is 3.29. The van der Waals surface area contributed by atoms with E-state index < -0.39 is 12.3 Å². The number of carbonyl (C=O) groups excluding carboxylic acids is 1. The first-order valence-corrected chi connectivity index (χ1v) is 11.9. The van der Waals surface area contributed by atoms with Crippen molar-refractivity contribution >= 4 is 5.97 Å². The van der Waals surface area contributed by atoms with Crippen LogP contribution in [0.15, 0.2) is 91.0 Å². The van der Waals surface area contributed by atoms with Crippen LogP contribution in [0, 0.1) is 0 Å². The van der Waals surface area contributed by atoms with Crippen LogP contribution in [0.4, 0.5) is 0 Å². The van der Waals surface area contributed by atoms with Crippen molar-refractivity contribution < 1.29 is 14.6 Å². The van der Waals surface area contributed by atoms with Crippen molar-refractivity contribution in [1.29, 1.82) is 0 Å². The second kappa shape index (κ2) is 11.4. The SMILES string of the molecule is COC(=O)[C@@H]1C[C@@H](N(C)Cc2ccccc2)CCN1C(O)C(c1ccccc1)c1ccccc1. The Kier molecular flexibility index (Phi) is 8.12. The van der Waals surface area contributed by atoms with Gasteiger partial charge in [0, 0.05) is 25.0 Å². The Hall–Kier alpha value is -2.99. The molecular formula is C29H34N2O3. The summed E-state index contributed by atoms with van der Waals surface area (Å²) < 4.78 is 5.20. The molecule has 0 spiro atoms. The molecule has 178 valence electrons. The van der Waals surface area contributed by atoms with Crippen molar-refractivity contribution in [3.63, 3.8) is 0 Å². The standard InChI is InChI=1S/C29H34N2O3/c1-30(21-22-12-6-3-7-13-22)25-18-19-31(26(20-25)29(33)34-2)28(32)27(23-14-8-4-9-15-23)24-16-10-5-11-17-24/h3-17,25-28,32H,18-21H2,1-2H3/t25-,26-,28?/m0/s1. The van der Waals surface area contributed by atoms with Gasteiger partial charge in [-0.15, -0.1) is 0 Å². The summed E-state index contributed by atoms with van der Waals surface area (Å²) in [6.45, 7) is 1.43. The third-order valence-corrected chi connectivity index (χ3v) is 6.94. The number of hydrogen-bond donors (Lipinski definition) is 1. The number of aliphatic hydroxyl groups excluding tert-OH is 1. The zero-order chi connectivity index (χ0) is 23.9. The summed E-state index contributed by atoms with van der Waals surface area (Å²) in [6, 6.07) is 30.1. The number of benzene rings is 3. The molecular weight excluding hydrogens is 424 g/mol. The van der Waals surface area contributed by atoms with Crippen LogP contribution in [0.3, 0.4) is 0 Å². The molecule has 1 N–H and O–H groups in total. The highest BCUT2D eigenvalue weighted by Gasteiger charge is 2.41. The number of methoxy groups -OCH3 is 1. The molecule has 3 aromatic carbocycles. The van der Waals surface area contributed by atoms with Crippen molar-refractivity contribution in [3.05, 3.63) is 108 Å². The van der Waals surface area contributed by atoms with Gasteiger partial charge in [0.15, 0.2) is 0 Å². The van der Waals surface area contributed by atoms with E-state index in [1.807, 2.05) is 83.8 Å². The summed E-state index contributed by atoms with van der Waals surface area (Å²) >= 11 is 0. The lowest BCUT2D eigenvalue weighted by molar-refractivity contribution is -0.157. The van der Waals surface area contributed by atoms with Crippen LogP contribution in [-0.4, -0.2) is 59.9 Å². The van der Waals surface area contributed by atoms with Gasteiger partial charge in [0.2, 0.25) is 0 Å². The second-order valence-corrected chi connectivity index (χ2v) is 9.07. The fourth-order valence-corrected chi connectivity index (χ4v) is 5.10. The number of esters is 1. The molecule has 0 aromatic heterocycles. The Balaban J connectivity index is 1.57. The van der Waals surface area contributed by atoms with E-state index in [4.69, 9.17) is 4.74 Å². The molecule has 3 atom stereocenters. The van der Waals surface area contributed by atoms with E-state index in [9.17, 15) is 9.90 Å². The zero-order valence-corrected chi connectivity index (χ0v) is 20.0. The van der Waals surface area contributed by atoms with Gasteiger partial charge < -0.3 is 9.84 Å². The molecule has 1 heterocycles. The number of nitrogens with zero attached hydrogens (tertiary/aromatic N) is 2. The van der Waals surface area contributed by atoms with Gasteiger partial charge in [-0.25, -0.2) is 0 Å². The molecule has 0 radical (unpaired) electrons. The lowest BCUT2D eigenvalue weighted by atomic mass is 9.86. The average molecular weight is 459 g/mol. The van der Waals surface area contributed by atoms with Crippen LogP contribution >= 0.6 is 0 Å². The minimum atomic E-state index is -0.853. The molecule has 3 aromatic rings. The molecule has 1 aliphatic rings. The number of rotatable bonds is 8. The maximum absolute atomic E-state index is 12.9. The minimum Gasteiger partial charge on any atom is -0.468 e. The van der Waals surface area contributed by atoms with Crippen molar-refractivity contribution in [2.75, 3.05) is 20.7 Å². The normalized spacial score (nSPS) is 19.8. The molecule has 0 aliphatic carbocycles. The van der Waals surface area contributed by atoms with Gasteiger partial charge in [-0.05, 0) is 36.6 Å². The van der Waals surface area contributed by atoms with Gasteiger partial charge >= 0.3 is 5.97 Å². The number of carbonyl (C=O) groups is 1. The summed E-state index contributed by atoms with van der Waals surface area (Å²) in [5, 5.41) is 11.7. The maximum Gasteiger partial charge on any atom is 0.323 e. The fourth-order valence-electron chi connectivity index (χ4n) is 5.10. The maximum atomic E-state index is 12.9. The molecule has 5 heteroatoms. The van der Waals surface area contributed by atoms with Gasteiger partial charge in [-0.1, -0.05) is 91.0 Å². The van der Waals surface area contributed by atoms with Crippen LogP contribution < -0.4 is 0 Å². The molecule has 0 saturated carbocycles. The summed E-state index contributed by atoms with van der Waals surface area (Å²) in [7, 11) is 3.53. The molecule has 0 bridgehead atoms. The average Bonchev–Trinajstić information content (AvgIpc) is 2.89. The number of hydrogen-bond acceptors (Lipinski definition) is 5. The van der Waals surface area contributed by atoms with E-state index in [-0.39, 0.29) is 17.9 Å². The Morgan fingerprint density at radius 1 is 0.971 bits per heavy atom.